The van der Waals surface area contributed by atoms with E-state index in [1.54, 1.807) is 0 Å². The van der Waals surface area contributed by atoms with Crippen molar-refractivity contribution in [3.05, 3.63) is 0 Å². The average Bonchev–Trinajstić information content (AvgIpc) is 2.11. The topological polar surface area (TPSA) is 55.4 Å². The van der Waals surface area contributed by atoms with Crippen LogP contribution in [-0.2, 0) is 14.3 Å². The largest absolute Gasteiger partial charge is 0.464 e. The van der Waals surface area contributed by atoms with Crippen LogP contribution in [0.1, 0.15) is 40.5 Å². The molecule has 0 aromatic carbocycles. The van der Waals surface area contributed by atoms with Gasteiger partial charge in [-0.25, -0.2) is 0 Å². The number of amides is 1. The number of hydrogen-bond donors (Lipinski definition) is 1. The van der Waals surface area contributed by atoms with Gasteiger partial charge in [-0.05, 0) is 6.42 Å². The number of rotatable bonds is 5. The Balaban J connectivity index is 3.55. The van der Waals surface area contributed by atoms with Crippen molar-refractivity contribution in [3.8, 4) is 0 Å². The van der Waals surface area contributed by atoms with E-state index in [1.807, 2.05) is 27.7 Å². The van der Waals surface area contributed by atoms with Gasteiger partial charge >= 0.3 is 5.97 Å². The van der Waals surface area contributed by atoms with Crippen molar-refractivity contribution in [1.29, 1.82) is 0 Å². The SMILES string of the molecule is CCCC(=O)OCCNC(=O)C(C)(C)C. The van der Waals surface area contributed by atoms with E-state index < -0.39 is 5.41 Å². The van der Waals surface area contributed by atoms with Gasteiger partial charge in [0.05, 0.1) is 6.54 Å². The summed E-state index contributed by atoms with van der Waals surface area (Å²) in [4.78, 5) is 22.3. The van der Waals surface area contributed by atoms with Crippen LogP contribution >= 0.6 is 0 Å². The molecule has 88 valence electrons. The molecular weight excluding hydrogens is 194 g/mol. The summed E-state index contributed by atoms with van der Waals surface area (Å²) in [5, 5.41) is 2.70. The summed E-state index contributed by atoms with van der Waals surface area (Å²) in [5.74, 6) is -0.239. The van der Waals surface area contributed by atoms with Crippen LogP contribution in [0.3, 0.4) is 0 Å². The van der Waals surface area contributed by atoms with Crippen LogP contribution in [0.15, 0.2) is 0 Å². The van der Waals surface area contributed by atoms with Gasteiger partial charge in [0.1, 0.15) is 6.61 Å². The van der Waals surface area contributed by atoms with Gasteiger partial charge in [0.2, 0.25) is 5.91 Å². The second-order valence-electron chi connectivity index (χ2n) is 4.48. The lowest BCUT2D eigenvalue weighted by Crippen LogP contribution is -2.36. The molecule has 1 N–H and O–H groups in total. The predicted molar refractivity (Wildman–Crippen MR) is 58.3 cm³/mol. The van der Waals surface area contributed by atoms with Gasteiger partial charge in [-0.3, -0.25) is 9.59 Å². The maximum atomic E-state index is 11.4. The molecule has 0 saturated carbocycles. The molecule has 0 rings (SSSR count). The Bertz CT molecular complexity index is 218. The lowest BCUT2D eigenvalue weighted by atomic mass is 9.96. The molecule has 15 heavy (non-hydrogen) atoms. The number of ether oxygens (including phenoxy) is 1. The minimum absolute atomic E-state index is 0.0333. The van der Waals surface area contributed by atoms with Crippen LogP contribution in [0.5, 0.6) is 0 Å². The molecular formula is C11H21NO3. The first-order chi connectivity index (χ1) is 6.88. The molecule has 0 spiro atoms. The van der Waals surface area contributed by atoms with Crippen molar-refractivity contribution in [3.63, 3.8) is 0 Å². The zero-order valence-corrected chi connectivity index (χ0v) is 10.1. The van der Waals surface area contributed by atoms with Crippen molar-refractivity contribution in [2.45, 2.75) is 40.5 Å². The van der Waals surface area contributed by atoms with Gasteiger partial charge in [0, 0.05) is 11.8 Å². The van der Waals surface area contributed by atoms with E-state index in [0.29, 0.717) is 13.0 Å². The number of hydrogen-bond acceptors (Lipinski definition) is 3. The highest BCUT2D eigenvalue weighted by atomic mass is 16.5. The third kappa shape index (κ3) is 6.94. The van der Waals surface area contributed by atoms with Crippen molar-refractivity contribution in [1.82, 2.24) is 5.32 Å². The molecule has 0 heterocycles. The van der Waals surface area contributed by atoms with E-state index in [9.17, 15) is 9.59 Å². The molecule has 0 fully saturated rings. The van der Waals surface area contributed by atoms with E-state index in [4.69, 9.17) is 4.74 Å². The maximum absolute atomic E-state index is 11.4. The fourth-order valence-electron chi connectivity index (χ4n) is 0.871. The summed E-state index contributed by atoms with van der Waals surface area (Å²) in [6, 6.07) is 0. The van der Waals surface area contributed by atoms with Gasteiger partial charge in [0.15, 0.2) is 0 Å². The van der Waals surface area contributed by atoms with Crippen LogP contribution in [0.25, 0.3) is 0 Å². The van der Waals surface area contributed by atoms with E-state index >= 15 is 0 Å². The molecule has 0 aliphatic rings. The quantitative estimate of drug-likeness (QED) is 0.558. The van der Waals surface area contributed by atoms with Crippen molar-refractivity contribution < 1.29 is 14.3 Å². The fourth-order valence-corrected chi connectivity index (χ4v) is 0.871. The molecule has 0 atom stereocenters. The predicted octanol–water partition coefficient (Wildman–Crippen LogP) is 1.49. The van der Waals surface area contributed by atoms with E-state index in [-0.39, 0.29) is 18.5 Å². The number of carbonyl (C=O) groups excluding carboxylic acids is 2. The van der Waals surface area contributed by atoms with Crippen molar-refractivity contribution >= 4 is 11.9 Å². The second-order valence-corrected chi connectivity index (χ2v) is 4.48. The van der Waals surface area contributed by atoms with Crippen molar-refractivity contribution in [2.24, 2.45) is 5.41 Å². The van der Waals surface area contributed by atoms with Crippen LogP contribution in [0.4, 0.5) is 0 Å². The summed E-state index contributed by atoms with van der Waals surface area (Å²) >= 11 is 0. The highest BCUT2D eigenvalue weighted by molar-refractivity contribution is 5.81. The van der Waals surface area contributed by atoms with Gasteiger partial charge in [0.25, 0.3) is 0 Å². The third-order valence-electron chi connectivity index (χ3n) is 1.79. The van der Waals surface area contributed by atoms with Crippen LogP contribution < -0.4 is 5.32 Å². The van der Waals surface area contributed by atoms with E-state index in [2.05, 4.69) is 5.32 Å². The zero-order chi connectivity index (χ0) is 11.9. The van der Waals surface area contributed by atoms with Crippen LogP contribution in [0, 0.1) is 5.41 Å². The van der Waals surface area contributed by atoms with Gasteiger partial charge in [-0.2, -0.15) is 0 Å². The molecule has 0 aromatic rings. The van der Waals surface area contributed by atoms with E-state index in [1.165, 1.54) is 0 Å². The Morgan fingerprint density at radius 1 is 1.27 bits per heavy atom. The fraction of sp³-hybridized carbons (Fsp3) is 0.818. The molecule has 0 bridgehead atoms. The minimum Gasteiger partial charge on any atom is -0.464 e. The van der Waals surface area contributed by atoms with Crippen LogP contribution in [-0.4, -0.2) is 25.0 Å². The molecule has 0 aliphatic carbocycles. The Morgan fingerprint density at radius 2 is 1.87 bits per heavy atom. The highest BCUT2D eigenvalue weighted by Gasteiger charge is 2.20. The van der Waals surface area contributed by atoms with Gasteiger partial charge < -0.3 is 10.1 Å². The molecule has 4 nitrogen and oxygen atoms in total. The summed E-state index contributed by atoms with van der Waals surface area (Å²) < 4.78 is 4.89. The van der Waals surface area contributed by atoms with Crippen LogP contribution in [0.2, 0.25) is 0 Å². The second kappa shape index (κ2) is 6.43. The monoisotopic (exact) mass is 215 g/mol. The Morgan fingerprint density at radius 3 is 2.33 bits per heavy atom. The number of esters is 1. The van der Waals surface area contributed by atoms with Crippen molar-refractivity contribution in [2.75, 3.05) is 13.2 Å². The summed E-state index contributed by atoms with van der Waals surface area (Å²) in [5.41, 5.74) is -0.395. The third-order valence-corrected chi connectivity index (χ3v) is 1.79. The Labute approximate surface area is 91.4 Å². The smallest absolute Gasteiger partial charge is 0.305 e. The lowest BCUT2D eigenvalue weighted by molar-refractivity contribution is -0.144. The highest BCUT2D eigenvalue weighted by Crippen LogP contribution is 2.11. The molecule has 0 radical (unpaired) electrons. The standard InChI is InChI=1S/C11H21NO3/c1-5-6-9(13)15-8-7-12-10(14)11(2,3)4/h5-8H2,1-4H3,(H,12,14). The molecule has 0 aliphatic heterocycles. The molecule has 1 amide bonds. The summed E-state index contributed by atoms with van der Waals surface area (Å²) in [7, 11) is 0. The Hall–Kier alpha value is -1.06. The lowest BCUT2D eigenvalue weighted by Gasteiger charge is -2.17. The number of carbonyl (C=O) groups is 2. The first kappa shape index (κ1) is 13.9. The molecule has 0 saturated heterocycles. The molecule has 0 unspecified atom stereocenters. The summed E-state index contributed by atoms with van der Waals surface area (Å²) in [6.07, 6.45) is 1.22. The normalized spacial score (nSPS) is 10.9. The minimum atomic E-state index is -0.395. The molecule has 4 heteroatoms. The molecule has 0 aromatic heterocycles. The maximum Gasteiger partial charge on any atom is 0.305 e. The summed E-state index contributed by atoms with van der Waals surface area (Å²) in [6.45, 7) is 8.07. The first-order valence-corrected chi connectivity index (χ1v) is 5.32. The van der Waals surface area contributed by atoms with Gasteiger partial charge in [-0.15, -0.1) is 0 Å². The van der Waals surface area contributed by atoms with E-state index in [0.717, 1.165) is 6.42 Å². The Kier molecular flexibility index (Phi) is 5.97. The number of nitrogens with one attached hydrogen (secondary N) is 1. The zero-order valence-electron chi connectivity index (χ0n) is 10.1. The average molecular weight is 215 g/mol. The first-order valence-electron chi connectivity index (χ1n) is 5.32. The van der Waals surface area contributed by atoms with Gasteiger partial charge in [-0.1, -0.05) is 27.7 Å².